The van der Waals surface area contributed by atoms with E-state index in [4.69, 9.17) is 4.74 Å². The summed E-state index contributed by atoms with van der Waals surface area (Å²) >= 11 is 0. The van der Waals surface area contributed by atoms with Gasteiger partial charge in [-0.1, -0.05) is 6.07 Å². The molecule has 140 valence electrons. The molecule has 1 aromatic heterocycles. The first-order valence-electron chi connectivity index (χ1n) is 9.71. The lowest BCUT2D eigenvalue weighted by atomic mass is 9.80. The van der Waals surface area contributed by atoms with Crippen LogP contribution >= 0.6 is 0 Å². The molecular weight excluding hydrogens is 336 g/mol. The molecule has 0 N–H and O–H groups in total. The number of anilines is 1. The number of benzene rings is 1. The first kappa shape index (κ1) is 18.0. The zero-order chi connectivity index (χ0) is 18.5. The Hall–Kier alpha value is -2.42. The normalized spacial score (nSPS) is 23.7. The van der Waals surface area contributed by atoms with Gasteiger partial charge in [-0.2, -0.15) is 5.26 Å². The SMILES string of the molecule is N#Cc1cccc(N2CCOCC3(CCCN(Cc4ccncc4)C3)C2)c1. The number of pyridine rings is 1. The molecule has 0 bridgehead atoms. The molecule has 2 saturated heterocycles. The Morgan fingerprint density at radius 2 is 2.04 bits per heavy atom. The first-order valence-corrected chi connectivity index (χ1v) is 9.71. The maximum absolute atomic E-state index is 9.23. The van der Waals surface area contributed by atoms with Crippen molar-refractivity contribution >= 4 is 5.69 Å². The third-order valence-electron chi connectivity index (χ3n) is 5.68. The van der Waals surface area contributed by atoms with Gasteiger partial charge in [-0.25, -0.2) is 0 Å². The highest BCUT2D eigenvalue weighted by molar-refractivity contribution is 5.52. The number of hydrogen-bond acceptors (Lipinski definition) is 5. The van der Waals surface area contributed by atoms with Crippen LogP contribution < -0.4 is 4.90 Å². The van der Waals surface area contributed by atoms with Gasteiger partial charge in [0.05, 0.1) is 24.8 Å². The highest BCUT2D eigenvalue weighted by Crippen LogP contribution is 2.35. The molecule has 0 radical (unpaired) electrons. The Balaban J connectivity index is 1.51. The number of ether oxygens (including phenoxy) is 1. The Morgan fingerprint density at radius 3 is 2.89 bits per heavy atom. The summed E-state index contributed by atoms with van der Waals surface area (Å²) in [5.41, 5.74) is 3.31. The van der Waals surface area contributed by atoms with Crippen molar-refractivity contribution in [2.45, 2.75) is 19.4 Å². The van der Waals surface area contributed by atoms with Crippen LogP contribution in [0.3, 0.4) is 0 Å². The Kier molecular flexibility index (Phi) is 5.38. The van der Waals surface area contributed by atoms with Crippen molar-refractivity contribution in [1.29, 1.82) is 5.26 Å². The topological polar surface area (TPSA) is 52.4 Å². The maximum atomic E-state index is 9.23. The van der Waals surface area contributed by atoms with Crippen molar-refractivity contribution in [3.8, 4) is 6.07 Å². The van der Waals surface area contributed by atoms with E-state index in [2.05, 4.69) is 39.1 Å². The van der Waals surface area contributed by atoms with E-state index < -0.39 is 0 Å². The minimum Gasteiger partial charge on any atom is -0.379 e. The van der Waals surface area contributed by atoms with E-state index in [0.717, 1.165) is 57.2 Å². The van der Waals surface area contributed by atoms with Gasteiger partial charge >= 0.3 is 0 Å². The molecule has 0 saturated carbocycles. The van der Waals surface area contributed by atoms with Gasteiger partial charge in [0.25, 0.3) is 0 Å². The summed E-state index contributed by atoms with van der Waals surface area (Å²) in [5, 5.41) is 9.23. The molecular formula is C22H26N4O. The van der Waals surface area contributed by atoms with Crippen molar-refractivity contribution in [1.82, 2.24) is 9.88 Å². The van der Waals surface area contributed by atoms with Crippen LogP contribution in [0.15, 0.2) is 48.8 Å². The van der Waals surface area contributed by atoms with Crippen LogP contribution in [0.4, 0.5) is 5.69 Å². The smallest absolute Gasteiger partial charge is 0.0992 e. The highest BCUT2D eigenvalue weighted by Gasteiger charge is 2.39. The number of likely N-dealkylation sites (tertiary alicyclic amines) is 1. The Morgan fingerprint density at radius 1 is 1.15 bits per heavy atom. The zero-order valence-electron chi connectivity index (χ0n) is 15.7. The average molecular weight is 362 g/mol. The number of rotatable bonds is 3. The molecule has 3 heterocycles. The second kappa shape index (κ2) is 8.08. The lowest BCUT2D eigenvalue weighted by Gasteiger charge is -2.44. The second-order valence-corrected chi connectivity index (χ2v) is 7.81. The van der Waals surface area contributed by atoms with E-state index >= 15 is 0 Å². The van der Waals surface area contributed by atoms with Crippen molar-refractivity contribution in [2.75, 3.05) is 44.3 Å². The van der Waals surface area contributed by atoms with E-state index in [9.17, 15) is 5.26 Å². The van der Waals surface area contributed by atoms with E-state index in [-0.39, 0.29) is 5.41 Å². The summed E-state index contributed by atoms with van der Waals surface area (Å²) in [7, 11) is 0. The third kappa shape index (κ3) is 4.29. The molecule has 0 aliphatic carbocycles. The van der Waals surface area contributed by atoms with Gasteiger partial charge in [0.15, 0.2) is 0 Å². The maximum Gasteiger partial charge on any atom is 0.0992 e. The van der Waals surface area contributed by atoms with E-state index in [1.54, 1.807) is 0 Å². The van der Waals surface area contributed by atoms with Crippen LogP contribution in [0.2, 0.25) is 0 Å². The van der Waals surface area contributed by atoms with Crippen molar-refractivity contribution < 1.29 is 4.74 Å². The summed E-state index contributed by atoms with van der Waals surface area (Å²) < 4.78 is 6.05. The van der Waals surface area contributed by atoms with Crippen LogP contribution in [-0.4, -0.2) is 49.3 Å². The van der Waals surface area contributed by atoms with Crippen LogP contribution in [-0.2, 0) is 11.3 Å². The fourth-order valence-electron chi connectivity index (χ4n) is 4.42. The van der Waals surface area contributed by atoms with Gasteiger partial charge < -0.3 is 9.64 Å². The lowest BCUT2D eigenvalue weighted by Crippen LogP contribution is -2.50. The van der Waals surface area contributed by atoms with Gasteiger partial charge in [-0.3, -0.25) is 9.88 Å². The van der Waals surface area contributed by atoms with Crippen LogP contribution in [0.25, 0.3) is 0 Å². The minimum absolute atomic E-state index is 0.143. The van der Waals surface area contributed by atoms with Crippen LogP contribution in [0, 0.1) is 16.7 Å². The summed E-state index contributed by atoms with van der Waals surface area (Å²) in [6, 6.07) is 14.4. The van der Waals surface area contributed by atoms with E-state index in [1.807, 2.05) is 30.6 Å². The molecule has 1 unspecified atom stereocenters. The molecule has 2 aliphatic heterocycles. The molecule has 2 aromatic rings. The number of hydrogen-bond donors (Lipinski definition) is 0. The average Bonchev–Trinajstić information content (AvgIpc) is 2.91. The zero-order valence-corrected chi connectivity index (χ0v) is 15.7. The summed E-state index contributed by atoms with van der Waals surface area (Å²) in [4.78, 5) is 9.08. The predicted molar refractivity (Wildman–Crippen MR) is 105 cm³/mol. The first-order chi connectivity index (χ1) is 13.3. The van der Waals surface area contributed by atoms with Crippen molar-refractivity contribution in [3.63, 3.8) is 0 Å². The summed E-state index contributed by atoms with van der Waals surface area (Å²) in [5.74, 6) is 0. The molecule has 1 atom stereocenters. The van der Waals surface area contributed by atoms with Crippen LogP contribution in [0.5, 0.6) is 0 Å². The molecule has 0 amide bonds. The van der Waals surface area contributed by atoms with Crippen molar-refractivity contribution in [3.05, 3.63) is 59.9 Å². The van der Waals surface area contributed by atoms with E-state index in [1.165, 1.54) is 18.4 Å². The largest absolute Gasteiger partial charge is 0.379 e. The number of nitriles is 1. The third-order valence-corrected chi connectivity index (χ3v) is 5.68. The van der Waals surface area contributed by atoms with Crippen LogP contribution in [0.1, 0.15) is 24.0 Å². The minimum atomic E-state index is 0.143. The molecule has 27 heavy (non-hydrogen) atoms. The quantitative estimate of drug-likeness (QED) is 0.840. The standard InChI is InChI=1S/C22H26N4O/c23-14-20-3-1-4-21(13-20)26-11-12-27-18-22(17-26)7-2-10-25(16-22)15-19-5-8-24-9-6-19/h1,3-6,8-9,13H,2,7,10-12,15-18H2. The summed E-state index contributed by atoms with van der Waals surface area (Å²) in [6.45, 7) is 6.55. The molecule has 5 nitrogen and oxygen atoms in total. The predicted octanol–water partition coefficient (Wildman–Crippen LogP) is 3.07. The lowest BCUT2D eigenvalue weighted by molar-refractivity contribution is 0.0106. The summed E-state index contributed by atoms with van der Waals surface area (Å²) in [6.07, 6.45) is 6.12. The second-order valence-electron chi connectivity index (χ2n) is 7.81. The molecule has 2 aliphatic rings. The molecule has 4 rings (SSSR count). The number of aromatic nitrogens is 1. The van der Waals surface area contributed by atoms with Crippen molar-refractivity contribution in [2.24, 2.45) is 5.41 Å². The number of nitrogens with zero attached hydrogens (tertiary/aromatic N) is 4. The fourth-order valence-corrected chi connectivity index (χ4v) is 4.42. The Bertz CT molecular complexity index is 803. The van der Waals surface area contributed by atoms with Gasteiger partial charge in [0.1, 0.15) is 0 Å². The number of piperidine rings is 1. The van der Waals surface area contributed by atoms with Gasteiger partial charge in [-0.15, -0.1) is 0 Å². The van der Waals surface area contributed by atoms with E-state index in [0.29, 0.717) is 0 Å². The molecule has 1 aromatic carbocycles. The molecule has 1 spiro atoms. The van der Waals surface area contributed by atoms with Gasteiger partial charge in [0.2, 0.25) is 0 Å². The molecule has 5 heteroatoms. The highest BCUT2D eigenvalue weighted by atomic mass is 16.5. The monoisotopic (exact) mass is 362 g/mol. The van der Waals surface area contributed by atoms with Gasteiger partial charge in [-0.05, 0) is 55.3 Å². The fraction of sp³-hybridized carbons (Fsp3) is 0.455. The Labute approximate surface area is 161 Å². The molecule has 2 fully saturated rings. The van der Waals surface area contributed by atoms with Gasteiger partial charge in [0, 0.05) is 49.7 Å².